The molecule has 0 fully saturated rings. The van der Waals surface area contributed by atoms with Gasteiger partial charge in [-0.05, 0) is 23.4 Å². The Morgan fingerprint density at radius 1 is 1.47 bits per heavy atom. The highest BCUT2D eigenvalue weighted by Gasteiger charge is 2.19. The average molecular weight is 301 g/mol. The van der Waals surface area contributed by atoms with Crippen molar-refractivity contribution in [2.24, 2.45) is 0 Å². The first-order chi connectivity index (χ1) is 8.95. The Bertz CT molecular complexity index is 705. The molecule has 0 aromatic carbocycles. The van der Waals surface area contributed by atoms with Crippen molar-refractivity contribution in [1.82, 2.24) is 19.9 Å². The topological polar surface area (TPSA) is 141 Å². The maximum absolute atomic E-state index is 11.2. The van der Waals surface area contributed by atoms with Crippen LogP contribution in [0.1, 0.15) is 0 Å². The van der Waals surface area contributed by atoms with Crippen molar-refractivity contribution in [1.29, 1.82) is 0 Å². The number of aromatic nitrogens is 4. The minimum atomic E-state index is -0.664. The van der Waals surface area contributed by atoms with Crippen LogP contribution in [-0.2, 0) is 0 Å². The van der Waals surface area contributed by atoms with Gasteiger partial charge in [-0.1, -0.05) is 0 Å². The molecule has 0 spiro atoms. The number of aromatic amines is 1. The summed E-state index contributed by atoms with van der Waals surface area (Å²) in [5, 5.41) is 10.7. The van der Waals surface area contributed by atoms with Crippen LogP contribution in [0, 0.1) is 10.1 Å². The van der Waals surface area contributed by atoms with Gasteiger partial charge in [0.15, 0.2) is 10.2 Å². The number of nitrogens with two attached hydrogens (primary N) is 1. The van der Waals surface area contributed by atoms with Gasteiger partial charge in [-0.3, -0.25) is 14.9 Å². The van der Waals surface area contributed by atoms with Gasteiger partial charge in [0, 0.05) is 6.07 Å². The summed E-state index contributed by atoms with van der Waals surface area (Å²) in [5.74, 6) is -0.00550. The SMILES string of the molecule is Nc1cc(=O)[nH]c(Sc2nc(Cl)ncc2[N+](=O)[O-])n1. The van der Waals surface area contributed by atoms with E-state index in [2.05, 4.69) is 19.9 Å². The first-order valence-corrected chi connectivity index (χ1v) is 5.87. The Hall–Kier alpha value is -2.20. The summed E-state index contributed by atoms with van der Waals surface area (Å²) in [6.45, 7) is 0. The van der Waals surface area contributed by atoms with Crippen LogP contribution in [-0.4, -0.2) is 24.9 Å². The van der Waals surface area contributed by atoms with E-state index in [1.165, 1.54) is 0 Å². The minimum absolute atomic E-state index is 0.00550. The second-order valence-corrected chi connectivity index (χ2v) is 4.48. The van der Waals surface area contributed by atoms with Gasteiger partial charge in [0.2, 0.25) is 5.28 Å². The molecule has 0 atom stereocenters. The predicted octanol–water partition coefficient (Wildman–Crippen LogP) is 0.855. The highest BCUT2D eigenvalue weighted by Crippen LogP contribution is 2.30. The lowest BCUT2D eigenvalue weighted by atomic mass is 10.6. The van der Waals surface area contributed by atoms with E-state index in [9.17, 15) is 14.9 Å². The fraction of sp³-hybridized carbons (Fsp3) is 0. The number of anilines is 1. The molecule has 0 bridgehead atoms. The molecule has 0 aliphatic heterocycles. The van der Waals surface area contributed by atoms with Crippen LogP contribution >= 0.6 is 23.4 Å². The van der Waals surface area contributed by atoms with Crippen molar-refractivity contribution in [3.63, 3.8) is 0 Å². The van der Waals surface area contributed by atoms with Crippen LogP contribution in [0.5, 0.6) is 0 Å². The molecule has 2 aromatic heterocycles. The zero-order valence-corrected chi connectivity index (χ0v) is 10.6. The van der Waals surface area contributed by atoms with E-state index in [0.717, 1.165) is 24.0 Å². The summed E-state index contributed by atoms with van der Waals surface area (Å²) in [4.78, 5) is 34.8. The molecule has 9 nitrogen and oxygen atoms in total. The summed E-state index contributed by atoms with van der Waals surface area (Å²) in [6.07, 6.45) is 0.974. The maximum Gasteiger partial charge on any atom is 0.320 e. The van der Waals surface area contributed by atoms with Gasteiger partial charge in [-0.2, -0.15) is 0 Å². The summed E-state index contributed by atoms with van der Waals surface area (Å²) in [5.41, 5.74) is 4.58. The number of rotatable bonds is 3. The van der Waals surface area contributed by atoms with E-state index in [-0.39, 0.29) is 27.0 Å². The Morgan fingerprint density at radius 2 is 2.21 bits per heavy atom. The van der Waals surface area contributed by atoms with Crippen molar-refractivity contribution < 1.29 is 4.92 Å². The van der Waals surface area contributed by atoms with Gasteiger partial charge in [-0.25, -0.2) is 15.0 Å². The highest BCUT2D eigenvalue weighted by atomic mass is 35.5. The monoisotopic (exact) mass is 300 g/mol. The molecule has 0 unspecified atom stereocenters. The van der Waals surface area contributed by atoms with E-state index in [1.54, 1.807) is 0 Å². The van der Waals surface area contributed by atoms with Gasteiger partial charge in [-0.15, -0.1) is 0 Å². The van der Waals surface area contributed by atoms with Crippen LogP contribution in [0.15, 0.2) is 27.2 Å². The molecule has 11 heteroatoms. The Morgan fingerprint density at radius 3 is 2.84 bits per heavy atom. The third kappa shape index (κ3) is 3.17. The van der Waals surface area contributed by atoms with Crippen molar-refractivity contribution >= 4 is 34.9 Å². The van der Waals surface area contributed by atoms with Crippen LogP contribution < -0.4 is 11.3 Å². The molecule has 2 rings (SSSR count). The third-order valence-corrected chi connectivity index (χ3v) is 2.90. The zero-order chi connectivity index (χ0) is 14.0. The van der Waals surface area contributed by atoms with Crippen molar-refractivity contribution in [2.45, 2.75) is 10.2 Å². The molecule has 0 aliphatic rings. The lowest BCUT2D eigenvalue weighted by Gasteiger charge is -2.01. The Balaban J connectivity index is 2.45. The van der Waals surface area contributed by atoms with Crippen LogP contribution in [0.25, 0.3) is 0 Å². The quantitative estimate of drug-likeness (QED) is 0.368. The fourth-order valence-corrected chi connectivity index (χ4v) is 2.17. The smallest absolute Gasteiger partial charge is 0.320 e. The Kier molecular flexibility index (Phi) is 3.62. The maximum atomic E-state index is 11.2. The van der Waals surface area contributed by atoms with E-state index in [4.69, 9.17) is 17.3 Å². The number of nitrogens with zero attached hydrogens (tertiary/aromatic N) is 4. The molecule has 2 heterocycles. The number of hydrogen-bond acceptors (Lipinski definition) is 8. The minimum Gasteiger partial charge on any atom is -0.383 e. The normalized spacial score (nSPS) is 10.4. The van der Waals surface area contributed by atoms with E-state index in [0.29, 0.717) is 0 Å². The molecular formula is C8H5ClN6O3S. The van der Waals surface area contributed by atoms with Crippen LogP contribution in [0.2, 0.25) is 5.28 Å². The van der Waals surface area contributed by atoms with E-state index >= 15 is 0 Å². The first-order valence-electron chi connectivity index (χ1n) is 4.67. The van der Waals surface area contributed by atoms with Gasteiger partial charge in [0.1, 0.15) is 12.0 Å². The van der Waals surface area contributed by atoms with E-state index < -0.39 is 10.5 Å². The first kappa shape index (κ1) is 13.2. The van der Waals surface area contributed by atoms with Crippen molar-refractivity contribution in [3.8, 4) is 0 Å². The second kappa shape index (κ2) is 5.20. The molecule has 98 valence electrons. The molecule has 19 heavy (non-hydrogen) atoms. The van der Waals surface area contributed by atoms with Gasteiger partial charge in [0.25, 0.3) is 5.56 Å². The average Bonchev–Trinajstić information content (AvgIpc) is 2.26. The molecule has 0 saturated heterocycles. The molecule has 2 aromatic rings. The molecule has 0 aliphatic carbocycles. The van der Waals surface area contributed by atoms with Crippen molar-refractivity contribution in [3.05, 3.63) is 38.0 Å². The molecular weight excluding hydrogens is 296 g/mol. The number of halogens is 1. The Labute approximate surface area is 114 Å². The standard InChI is InChI=1S/C8H5ClN6O3S/c9-7-11-2-3(15(17)18)6(14-7)19-8-12-4(10)1-5(16)13-8/h1-2H,(H3,10,12,13,16). The summed E-state index contributed by atoms with van der Waals surface area (Å²) < 4.78 is 0. The summed E-state index contributed by atoms with van der Waals surface area (Å²) in [6, 6.07) is 1.09. The number of nitrogen functional groups attached to an aromatic ring is 1. The fourth-order valence-electron chi connectivity index (χ4n) is 1.13. The predicted molar refractivity (Wildman–Crippen MR) is 67.1 cm³/mol. The highest BCUT2D eigenvalue weighted by molar-refractivity contribution is 7.99. The van der Waals surface area contributed by atoms with Gasteiger partial charge in [0.05, 0.1) is 4.92 Å². The second-order valence-electron chi connectivity index (χ2n) is 3.16. The largest absolute Gasteiger partial charge is 0.383 e. The number of H-pyrrole nitrogens is 1. The number of nitro groups is 1. The molecule has 0 radical (unpaired) electrons. The number of hydrogen-bond donors (Lipinski definition) is 2. The van der Waals surface area contributed by atoms with Gasteiger partial charge >= 0.3 is 5.69 Å². The zero-order valence-electron chi connectivity index (χ0n) is 9.03. The van der Waals surface area contributed by atoms with E-state index in [1.807, 2.05) is 0 Å². The summed E-state index contributed by atoms with van der Waals surface area (Å²) >= 11 is 6.34. The molecule has 0 amide bonds. The number of nitrogens with one attached hydrogen (secondary N) is 1. The lowest BCUT2D eigenvalue weighted by Crippen LogP contribution is -2.09. The van der Waals surface area contributed by atoms with Crippen molar-refractivity contribution in [2.75, 3.05) is 5.73 Å². The van der Waals surface area contributed by atoms with Gasteiger partial charge < -0.3 is 10.7 Å². The van der Waals surface area contributed by atoms with Crippen LogP contribution in [0.3, 0.4) is 0 Å². The molecule has 0 saturated carbocycles. The third-order valence-electron chi connectivity index (χ3n) is 1.84. The lowest BCUT2D eigenvalue weighted by molar-refractivity contribution is -0.388. The van der Waals surface area contributed by atoms with Crippen LogP contribution in [0.4, 0.5) is 11.5 Å². The summed E-state index contributed by atoms with van der Waals surface area (Å²) in [7, 11) is 0. The molecule has 3 N–H and O–H groups in total.